The molecular weight excluding hydrogens is 520 g/mol. The highest BCUT2D eigenvalue weighted by atomic mass is 16.6. The molecule has 0 rings (SSSR count). The van der Waals surface area contributed by atoms with E-state index in [9.17, 15) is 20.1 Å². The molecule has 0 aliphatic carbocycles. The molecule has 240 valence electrons. The topological polar surface area (TPSA) is 155 Å². The van der Waals surface area contributed by atoms with Gasteiger partial charge in [-0.05, 0) is 12.3 Å². The quantitative estimate of drug-likeness (QED) is 0.0632. The minimum absolute atomic E-state index is 0.0758. The van der Waals surface area contributed by atoms with Crippen molar-refractivity contribution in [3.8, 4) is 0 Å². The van der Waals surface area contributed by atoms with Crippen molar-refractivity contribution < 1.29 is 49.3 Å². The van der Waals surface area contributed by atoms with Gasteiger partial charge in [0, 0.05) is 6.42 Å². The Bertz CT molecular complexity index is 549. The molecule has 0 amide bonds. The van der Waals surface area contributed by atoms with Gasteiger partial charge in [-0.3, -0.25) is 4.79 Å². The zero-order valence-corrected chi connectivity index (χ0v) is 25.2. The minimum atomic E-state index is -0.996. The molecule has 0 aromatic rings. The lowest BCUT2D eigenvalue weighted by atomic mass is 10.0. The average molecular weight is 581 g/mol. The highest BCUT2D eigenvalue weighted by Gasteiger charge is 2.13. The molecule has 0 aliphatic heterocycles. The van der Waals surface area contributed by atoms with E-state index in [0.717, 1.165) is 25.2 Å². The zero-order chi connectivity index (χ0) is 29.8. The van der Waals surface area contributed by atoms with E-state index in [1.807, 2.05) is 0 Å². The summed E-state index contributed by atoms with van der Waals surface area (Å²) in [6.45, 7) is 3.50. The monoisotopic (exact) mass is 580 g/mol. The van der Waals surface area contributed by atoms with Gasteiger partial charge in [-0.2, -0.15) is 0 Å². The van der Waals surface area contributed by atoms with Crippen LogP contribution in [0.5, 0.6) is 0 Å². The summed E-state index contributed by atoms with van der Waals surface area (Å²) >= 11 is 0. The summed E-state index contributed by atoms with van der Waals surface area (Å²) in [5.41, 5.74) is 0. The van der Waals surface area contributed by atoms with Crippen LogP contribution in [0, 0.1) is 5.92 Å². The first-order chi connectivity index (χ1) is 19.2. The molecule has 0 bridgehead atoms. The maximum Gasteiger partial charge on any atom is 0.305 e. The highest BCUT2D eigenvalue weighted by Crippen LogP contribution is 2.14. The third-order valence-corrected chi connectivity index (χ3v) is 6.42. The van der Waals surface area contributed by atoms with Crippen LogP contribution in [0.3, 0.4) is 0 Å². The lowest BCUT2D eigenvalue weighted by Gasteiger charge is -2.16. The van der Waals surface area contributed by atoms with Crippen molar-refractivity contribution >= 4 is 5.97 Å². The molecule has 0 heterocycles. The third kappa shape index (κ3) is 28.7. The van der Waals surface area contributed by atoms with Crippen molar-refractivity contribution in [2.75, 3.05) is 52.9 Å². The summed E-state index contributed by atoms with van der Waals surface area (Å²) in [5, 5.41) is 47.2. The Morgan fingerprint density at radius 1 is 0.525 bits per heavy atom. The highest BCUT2D eigenvalue weighted by molar-refractivity contribution is 5.69. The fourth-order valence-corrected chi connectivity index (χ4v) is 4.07. The van der Waals surface area contributed by atoms with E-state index in [-0.39, 0.29) is 52.2 Å². The molecule has 0 aromatic heterocycles. The molecule has 5 N–H and O–H groups in total. The molecule has 0 spiro atoms. The molecule has 4 atom stereocenters. The minimum Gasteiger partial charge on any atom is -0.463 e. The first-order valence-electron chi connectivity index (χ1n) is 15.5. The number of ether oxygens (including phenoxy) is 4. The summed E-state index contributed by atoms with van der Waals surface area (Å²) in [6.07, 6.45) is 12.7. The lowest BCUT2D eigenvalue weighted by Crippen LogP contribution is -2.30. The molecule has 10 nitrogen and oxygen atoms in total. The average Bonchev–Trinajstić information content (AvgIpc) is 2.91. The number of rotatable bonds is 30. The van der Waals surface area contributed by atoms with Crippen LogP contribution in [0.15, 0.2) is 0 Å². The molecule has 4 unspecified atom stereocenters. The third-order valence-electron chi connectivity index (χ3n) is 6.42. The van der Waals surface area contributed by atoms with Crippen molar-refractivity contribution in [3.05, 3.63) is 0 Å². The number of hydrogen-bond acceptors (Lipinski definition) is 10. The standard InChI is InChI=1S/C30H60O10/c1-25(2)15-13-11-9-7-5-3-4-6-8-10-12-14-16-30(36)40-24-29(35)23-39-22-28(34)21-38-20-27(33)19-37-18-26(32)17-31/h25-29,31-35H,3-24H2,1-2H3. The summed E-state index contributed by atoms with van der Waals surface area (Å²) in [6, 6.07) is 0. The Hall–Kier alpha value is -0.850. The smallest absolute Gasteiger partial charge is 0.305 e. The number of aliphatic hydroxyl groups is 5. The predicted molar refractivity (Wildman–Crippen MR) is 154 cm³/mol. The van der Waals surface area contributed by atoms with Gasteiger partial charge in [0.2, 0.25) is 0 Å². The summed E-state index contributed by atoms with van der Waals surface area (Å²) in [5.74, 6) is 0.502. The van der Waals surface area contributed by atoms with Crippen LogP contribution >= 0.6 is 0 Å². The van der Waals surface area contributed by atoms with Crippen LogP contribution < -0.4 is 0 Å². The van der Waals surface area contributed by atoms with E-state index < -0.39 is 31.0 Å². The van der Waals surface area contributed by atoms with Gasteiger partial charge < -0.3 is 44.5 Å². The summed E-state index contributed by atoms with van der Waals surface area (Å²) in [7, 11) is 0. The number of carbonyl (C=O) groups is 1. The summed E-state index contributed by atoms with van der Waals surface area (Å²) in [4.78, 5) is 11.9. The molecule has 0 saturated heterocycles. The first kappa shape index (κ1) is 39.1. The van der Waals surface area contributed by atoms with Crippen molar-refractivity contribution in [3.63, 3.8) is 0 Å². The summed E-state index contributed by atoms with van der Waals surface area (Å²) < 4.78 is 20.5. The molecule has 0 aliphatic rings. The van der Waals surface area contributed by atoms with Crippen molar-refractivity contribution in [1.82, 2.24) is 0 Å². The van der Waals surface area contributed by atoms with Gasteiger partial charge in [0.05, 0.1) is 46.2 Å². The van der Waals surface area contributed by atoms with Crippen molar-refractivity contribution in [2.24, 2.45) is 5.92 Å². The van der Waals surface area contributed by atoms with Crippen molar-refractivity contribution in [1.29, 1.82) is 0 Å². The van der Waals surface area contributed by atoms with E-state index in [1.54, 1.807) is 0 Å². The van der Waals surface area contributed by atoms with E-state index in [0.29, 0.717) is 6.42 Å². The molecule has 0 saturated carbocycles. The number of unbranched alkanes of at least 4 members (excludes halogenated alkanes) is 11. The van der Waals surface area contributed by atoms with E-state index in [4.69, 9.17) is 29.2 Å². The fourth-order valence-electron chi connectivity index (χ4n) is 4.07. The Morgan fingerprint density at radius 3 is 1.27 bits per heavy atom. The molecule has 0 fully saturated rings. The Morgan fingerprint density at radius 2 is 0.875 bits per heavy atom. The van der Waals surface area contributed by atoms with E-state index >= 15 is 0 Å². The van der Waals surface area contributed by atoms with Crippen LogP contribution in [0.4, 0.5) is 0 Å². The normalized spacial score (nSPS) is 14.8. The largest absolute Gasteiger partial charge is 0.463 e. The van der Waals surface area contributed by atoms with Gasteiger partial charge in [-0.15, -0.1) is 0 Å². The molecular formula is C30H60O10. The van der Waals surface area contributed by atoms with E-state index in [2.05, 4.69) is 13.8 Å². The van der Waals surface area contributed by atoms with Crippen LogP contribution in [0.1, 0.15) is 104 Å². The molecule has 0 radical (unpaired) electrons. The van der Waals surface area contributed by atoms with Crippen LogP contribution in [0.2, 0.25) is 0 Å². The lowest BCUT2D eigenvalue weighted by molar-refractivity contribution is -0.148. The zero-order valence-electron chi connectivity index (χ0n) is 25.2. The van der Waals surface area contributed by atoms with Crippen LogP contribution in [0.25, 0.3) is 0 Å². The Kier molecular flexibility index (Phi) is 27.7. The first-order valence-corrected chi connectivity index (χ1v) is 15.5. The van der Waals surface area contributed by atoms with Gasteiger partial charge in [0.1, 0.15) is 31.0 Å². The van der Waals surface area contributed by atoms with E-state index in [1.165, 1.54) is 64.2 Å². The SMILES string of the molecule is CC(C)CCCCCCCCCCCCCCC(=O)OCC(O)COCC(O)COCC(O)COCC(O)CO. The second kappa shape index (κ2) is 28.3. The number of carbonyl (C=O) groups excluding carboxylic acids is 1. The molecule has 0 aromatic carbocycles. The van der Waals surface area contributed by atoms with Gasteiger partial charge in [0.15, 0.2) is 0 Å². The van der Waals surface area contributed by atoms with Crippen LogP contribution in [-0.4, -0.2) is 109 Å². The molecule has 10 heteroatoms. The van der Waals surface area contributed by atoms with Gasteiger partial charge >= 0.3 is 5.97 Å². The number of hydrogen-bond donors (Lipinski definition) is 5. The predicted octanol–water partition coefficient (Wildman–Crippen LogP) is 3.13. The molecule has 40 heavy (non-hydrogen) atoms. The Labute approximate surface area is 242 Å². The fraction of sp³-hybridized carbons (Fsp3) is 0.967. The maximum absolute atomic E-state index is 11.9. The second-order valence-corrected chi connectivity index (χ2v) is 11.3. The Balaban J connectivity index is 3.48. The van der Waals surface area contributed by atoms with Crippen molar-refractivity contribution in [2.45, 2.75) is 128 Å². The number of aliphatic hydroxyl groups excluding tert-OH is 5. The van der Waals surface area contributed by atoms with Gasteiger partial charge in [0.25, 0.3) is 0 Å². The van der Waals surface area contributed by atoms with Crippen LogP contribution in [-0.2, 0) is 23.7 Å². The number of esters is 1. The van der Waals surface area contributed by atoms with Gasteiger partial charge in [-0.1, -0.05) is 90.9 Å². The maximum atomic E-state index is 11.9. The second-order valence-electron chi connectivity index (χ2n) is 11.3. The van der Waals surface area contributed by atoms with Gasteiger partial charge in [-0.25, -0.2) is 0 Å².